The minimum absolute atomic E-state index is 0.0114. The van der Waals surface area contributed by atoms with Gasteiger partial charge in [0, 0.05) is 18.7 Å². The van der Waals surface area contributed by atoms with E-state index in [1.807, 2.05) is 32.0 Å². The maximum Gasteiger partial charge on any atom is 0.261 e. The van der Waals surface area contributed by atoms with Crippen molar-refractivity contribution in [3.05, 3.63) is 64.7 Å². The van der Waals surface area contributed by atoms with Gasteiger partial charge in [-0.05, 0) is 50.5 Å². The summed E-state index contributed by atoms with van der Waals surface area (Å²) in [6.45, 7) is 4.39. The maximum absolute atomic E-state index is 12.3. The van der Waals surface area contributed by atoms with Crippen molar-refractivity contribution >= 4 is 23.4 Å². The minimum Gasteiger partial charge on any atom is -0.326 e. The van der Waals surface area contributed by atoms with Crippen LogP contribution >= 0.6 is 0 Å². The molecule has 0 aliphatic carbocycles. The molecule has 5 nitrogen and oxygen atoms in total. The highest BCUT2D eigenvalue weighted by atomic mass is 16.2. The third-order valence-electron chi connectivity index (χ3n) is 4.82. The van der Waals surface area contributed by atoms with Gasteiger partial charge in [0.05, 0.1) is 11.1 Å². The standard InChI is InChI=1S/C22H24N2O3/c1-15-11-12-19(16(2)14-15)23-20(25)10-4-3-7-13-24-21(26)17-8-5-6-9-18(17)22(24)27/h5-6,8-9,11-12,14H,3-4,7,10,13H2,1-2H3,(H,23,25). The third kappa shape index (κ3) is 4.25. The van der Waals surface area contributed by atoms with Crippen LogP contribution in [0.25, 0.3) is 0 Å². The molecule has 0 bridgehead atoms. The summed E-state index contributed by atoms with van der Waals surface area (Å²) in [6.07, 6.45) is 2.63. The van der Waals surface area contributed by atoms with Crippen molar-refractivity contribution in [2.75, 3.05) is 11.9 Å². The smallest absolute Gasteiger partial charge is 0.261 e. The number of hydrogen-bond acceptors (Lipinski definition) is 3. The average molecular weight is 364 g/mol. The SMILES string of the molecule is Cc1ccc(NC(=O)CCCCCN2C(=O)c3ccccc3C2=O)c(C)c1. The molecular formula is C22H24N2O3. The van der Waals surface area contributed by atoms with Crippen LogP contribution in [0.4, 0.5) is 5.69 Å². The lowest BCUT2D eigenvalue weighted by molar-refractivity contribution is -0.116. The Kier molecular flexibility index (Phi) is 5.69. The van der Waals surface area contributed by atoms with Gasteiger partial charge in [0.15, 0.2) is 0 Å². The van der Waals surface area contributed by atoms with Crippen molar-refractivity contribution in [1.82, 2.24) is 4.90 Å². The van der Waals surface area contributed by atoms with Crippen molar-refractivity contribution in [3.63, 3.8) is 0 Å². The van der Waals surface area contributed by atoms with Gasteiger partial charge in [-0.25, -0.2) is 0 Å². The second-order valence-electron chi connectivity index (χ2n) is 6.98. The molecule has 0 radical (unpaired) electrons. The summed E-state index contributed by atoms with van der Waals surface area (Å²) in [5.41, 5.74) is 4.02. The molecule has 0 fully saturated rings. The van der Waals surface area contributed by atoms with Crippen LogP contribution < -0.4 is 5.32 Å². The lowest BCUT2D eigenvalue weighted by Crippen LogP contribution is -2.30. The lowest BCUT2D eigenvalue weighted by Gasteiger charge is -2.13. The van der Waals surface area contributed by atoms with E-state index >= 15 is 0 Å². The quantitative estimate of drug-likeness (QED) is 0.594. The number of anilines is 1. The molecule has 3 rings (SSSR count). The Morgan fingerprint density at radius 2 is 1.59 bits per heavy atom. The number of unbranched alkanes of at least 4 members (excludes halogenated alkanes) is 2. The molecular weight excluding hydrogens is 340 g/mol. The van der Waals surface area contributed by atoms with E-state index in [1.54, 1.807) is 24.3 Å². The highest BCUT2D eigenvalue weighted by Gasteiger charge is 2.34. The predicted octanol–water partition coefficient (Wildman–Crippen LogP) is 4.10. The monoisotopic (exact) mass is 364 g/mol. The molecule has 3 amide bonds. The van der Waals surface area contributed by atoms with E-state index in [0.29, 0.717) is 30.5 Å². The molecule has 140 valence electrons. The first-order chi connectivity index (χ1) is 13.0. The number of benzene rings is 2. The zero-order valence-corrected chi connectivity index (χ0v) is 15.7. The van der Waals surface area contributed by atoms with Gasteiger partial charge in [-0.15, -0.1) is 0 Å². The Morgan fingerprint density at radius 1 is 0.926 bits per heavy atom. The third-order valence-corrected chi connectivity index (χ3v) is 4.82. The Labute approximate surface area is 159 Å². The van der Waals surface area contributed by atoms with Gasteiger partial charge in [0.1, 0.15) is 0 Å². The second kappa shape index (κ2) is 8.16. The number of nitrogens with one attached hydrogen (secondary N) is 1. The number of amides is 3. The fraction of sp³-hybridized carbons (Fsp3) is 0.318. The Balaban J connectivity index is 1.40. The average Bonchev–Trinajstić information content (AvgIpc) is 2.89. The first-order valence-electron chi connectivity index (χ1n) is 9.29. The molecule has 0 saturated heterocycles. The van der Waals surface area contributed by atoms with E-state index in [0.717, 1.165) is 24.1 Å². The van der Waals surface area contributed by atoms with Gasteiger partial charge in [-0.3, -0.25) is 19.3 Å². The van der Waals surface area contributed by atoms with Crippen LogP contribution in [0, 0.1) is 13.8 Å². The van der Waals surface area contributed by atoms with Crippen LogP contribution in [0.2, 0.25) is 0 Å². The largest absolute Gasteiger partial charge is 0.326 e. The van der Waals surface area contributed by atoms with Gasteiger partial charge in [-0.1, -0.05) is 36.2 Å². The Bertz CT molecular complexity index is 854. The first kappa shape index (κ1) is 18.8. The first-order valence-corrected chi connectivity index (χ1v) is 9.29. The minimum atomic E-state index is -0.219. The van der Waals surface area contributed by atoms with E-state index < -0.39 is 0 Å². The van der Waals surface area contributed by atoms with Crippen LogP contribution in [0.3, 0.4) is 0 Å². The van der Waals surface area contributed by atoms with Crippen LogP contribution in [0.15, 0.2) is 42.5 Å². The Morgan fingerprint density at radius 3 is 2.22 bits per heavy atom. The number of rotatable bonds is 7. The van der Waals surface area contributed by atoms with E-state index in [9.17, 15) is 14.4 Å². The molecule has 1 N–H and O–H groups in total. The molecule has 0 aromatic heterocycles. The number of imide groups is 1. The summed E-state index contributed by atoms with van der Waals surface area (Å²) in [4.78, 5) is 38.0. The summed E-state index contributed by atoms with van der Waals surface area (Å²) >= 11 is 0. The Hall–Kier alpha value is -2.95. The summed E-state index contributed by atoms with van der Waals surface area (Å²) < 4.78 is 0. The summed E-state index contributed by atoms with van der Waals surface area (Å²) in [5, 5.41) is 2.94. The topological polar surface area (TPSA) is 66.5 Å². The van der Waals surface area contributed by atoms with E-state index in [1.165, 1.54) is 10.5 Å². The fourth-order valence-corrected chi connectivity index (χ4v) is 3.34. The van der Waals surface area contributed by atoms with Crippen LogP contribution in [-0.2, 0) is 4.79 Å². The van der Waals surface area contributed by atoms with Crippen molar-refractivity contribution < 1.29 is 14.4 Å². The maximum atomic E-state index is 12.3. The van der Waals surface area contributed by atoms with Crippen LogP contribution in [-0.4, -0.2) is 29.2 Å². The zero-order chi connectivity index (χ0) is 19.4. The fourth-order valence-electron chi connectivity index (χ4n) is 3.34. The number of carbonyl (C=O) groups excluding carboxylic acids is 3. The molecule has 5 heteroatoms. The lowest BCUT2D eigenvalue weighted by atomic mass is 10.1. The van der Waals surface area contributed by atoms with Crippen molar-refractivity contribution in [2.24, 2.45) is 0 Å². The summed E-state index contributed by atoms with van der Waals surface area (Å²) in [6, 6.07) is 12.8. The highest BCUT2D eigenvalue weighted by Crippen LogP contribution is 2.23. The molecule has 2 aromatic carbocycles. The van der Waals surface area contributed by atoms with Gasteiger partial charge in [0.25, 0.3) is 11.8 Å². The molecule has 1 heterocycles. The number of carbonyl (C=O) groups is 3. The van der Waals surface area contributed by atoms with Crippen molar-refractivity contribution in [3.8, 4) is 0 Å². The predicted molar refractivity (Wildman–Crippen MR) is 105 cm³/mol. The van der Waals surface area contributed by atoms with Crippen molar-refractivity contribution in [2.45, 2.75) is 39.5 Å². The second-order valence-corrected chi connectivity index (χ2v) is 6.98. The molecule has 0 unspecified atom stereocenters. The van der Waals surface area contributed by atoms with E-state index in [4.69, 9.17) is 0 Å². The van der Waals surface area contributed by atoms with Gasteiger partial charge < -0.3 is 5.32 Å². The van der Waals surface area contributed by atoms with E-state index in [2.05, 4.69) is 5.32 Å². The van der Waals surface area contributed by atoms with Crippen LogP contribution in [0.5, 0.6) is 0 Å². The van der Waals surface area contributed by atoms with E-state index in [-0.39, 0.29) is 17.7 Å². The molecule has 0 atom stereocenters. The highest BCUT2D eigenvalue weighted by molar-refractivity contribution is 6.21. The van der Waals surface area contributed by atoms with Crippen LogP contribution in [0.1, 0.15) is 57.5 Å². The van der Waals surface area contributed by atoms with Gasteiger partial charge in [-0.2, -0.15) is 0 Å². The number of hydrogen-bond donors (Lipinski definition) is 1. The molecule has 27 heavy (non-hydrogen) atoms. The van der Waals surface area contributed by atoms with Crippen molar-refractivity contribution in [1.29, 1.82) is 0 Å². The molecule has 1 aliphatic rings. The van der Waals surface area contributed by atoms with Gasteiger partial charge in [0.2, 0.25) is 5.91 Å². The number of nitrogens with zero attached hydrogens (tertiary/aromatic N) is 1. The molecule has 0 saturated carbocycles. The summed E-state index contributed by atoms with van der Waals surface area (Å²) in [5.74, 6) is -0.450. The number of fused-ring (bicyclic) bond motifs is 1. The normalized spacial score (nSPS) is 13.0. The molecule has 0 spiro atoms. The number of aryl methyl sites for hydroxylation is 2. The zero-order valence-electron chi connectivity index (χ0n) is 15.7. The van der Waals surface area contributed by atoms with Gasteiger partial charge >= 0.3 is 0 Å². The molecule has 2 aromatic rings. The summed E-state index contributed by atoms with van der Waals surface area (Å²) in [7, 11) is 0. The molecule has 1 aliphatic heterocycles.